The van der Waals surface area contributed by atoms with Gasteiger partial charge < -0.3 is 10.4 Å². The van der Waals surface area contributed by atoms with Crippen molar-refractivity contribution in [2.75, 3.05) is 5.32 Å². The van der Waals surface area contributed by atoms with E-state index in [1.807, 2.05) is 30.3 Å². The number of hydrogen-bond acceptors (Lipinski definition) is 5. The minimum absolute atomic E-state index is 0.0897. The number of nitrogens with one attached hydrogen (secondary N) is 1. The molecule has 0 fully saturated rings. The Morgan fingerprint density at radius 2 is 1.85 bits per heavy atom. The summed E-state index contributed by atoms with van der Waals surface area (Å²) in [4.78, 5) is 23.4. The van der Waals surface area contributed by atoms with Gasteiger partial charge in [0.1, 0.15) is 5.69 Å². The lowest BCUT2D eigenvalue weighted by Gasteiger charge is -2.09. The molecule has 7 heteroatoms. The van der Waals surface area contributed by atoms with E-state index in [1.54, 1.807) is 6.20 Å². The van der Waals surface area contributed by atoms with Crippen LogP contribution in [0, 0.1) is 5.82 Å². The van der Waals surface area contributed by atoms with Gasteiger partial charge in [0.25, 0.3) is 0 Å². The van der Waals surface area contributed by atoms with Crippen molar-refractivity contribution in [2.45, 2.75) is 0 Å². The number of aromatic carboxylic acids is 1. The Morgan fingerprint density at radius 3 is 2.63 bits per heavy atom. The highest BCUT2D eigenvalue weighted by Gasteiger charge is 2.11. The van der Waals surface area contributed by atoms with Gasteiger partial charge in [-0.05, 0) is 36.4 Å². The van der Waals surface area contributed by atoms with Crippen LogP contribution in [0.5, 0.6) is 0 Å². The van der Waals surface area contributed by atoms with Crippen LogP contribution in [0.3, 0.4) is 0 Å². The summed E-state index contributed by atoms with van der Waals surface area (Å²) in [6.07, 6.45) is 2.80. The van der Waals surface area contributed by atoms with Gasteiger partial charge in [-0.15, -0.1) is 0 Å². The van der Waals surface area contributed by atoms with Crippen molar-refractivity contribution in [3.05, 3.63) is 78.4 Å². The summed E-state index contributed by atoms with van der Waals surface area (Å²) >= 11 is 0. The number of hydrogen-bond donors (Lipinski definition) is 2. The molecule has 4 aromatic rings. The molecule has 0 saturated carbocycles. The number of halogens is 1. The number of nitrogens with zero attached hydrogens (tertiary/aromatic N) is 3. The first-order valence-electron chi connectivity index (χ1n) is 8.08. The lowest BCUT2D eigenvalue weighted by Crippen LogP contribution is -2.01. The molecular formula is C20H13FN4O2. The predicted molar refractivity (Wildman–Crippen MR) is 99.4 cm³/mol. The standard InChI is InChI=1S/C20H13FN4O2/c21-16-11-23-20(24-15-7-8-17-14(10-15)2-1-9-22-17)25-18(16)12-3-5-13(6-4-12)19(26)27/h1-11H,(H,26,27)(H,23,24,25). The van der Waals surface area contributed by atoms with Gasteiger partial charge >= 0.3 is 5.97 Å². The van der Waals surface area contributed by atoms with E-state index in [-0.39, 0.29) is 17.2 Å². The smallest absolute Gasteiger partial charge is 0.335 e. The Kier molecular flexibility index (Phi) is 4.18. The number of benzene rings is 2. The largest absolute Gasteiger partial charge is 0.478 e. The summed E-state index contributed by atoms with van der Waals surface area (Å²) in [5, 5.41) is 13.0. The highest BCUT2D eigenvalue weighted by molar-refractivity contribution is 5.88. The van der Waals surface area contributed by atoms with Crippen molar-refractivity contribution in [2.24, 2.45) is 0 Å². The van der Waals surface area contributed by atoms with Crippen LogP contribution in [0.25, 0.3) is 22.2 Å². The molecular weight excluding hydrogens is 347 g/mol. The first kappa shape index (κ1) is 16.6. The second-order valence-electron chi connectivity index (χ2n) is 5.81. The fourth-order valence-electron chi connectivity index (χ4n) is 2.68. The molecule has 0 aliphatic heterocycles. The average Bonchev–Trinajstić information content (AvgIpc) is 2.69. The first-order valence-corrected chi connectivity index (χ1v) is 8.08. The van der Waals surface area contributed by atoms with Crippen LogP contribution >= 0.6 is 0 Å². The van der Waals surface area contributed by atoms with Gasteiger partial charge in [0.05, 0.1) is 17.3 Å². The Bertz CT molecular complexity index is 1150. The van der Waals surface area contributed by atoms with Crippen LogP contribution in [0.2, 0.25) is 0 Å². The molecule has 0 spiro atoms. The molecule has 0 bridgehead atoms. The van der Waals surface area contributed by atoms with Gasteiger partial charge in [-0.1, -0.05) is 18.2 Å². The zero-order chi connectivity index (χ0) is 18.8. The Balaban J connectivity index is 1.65. The fourth-order valence-corrected chi connectivity index (χ4v) is 2.68. The molecule has 4 rings (SSSR count). The molecule has 0 atom stereocenters. The van der Waals surface area contributed by atoms with Crippen LogP contribution in [-0.4, -0.2) is 26.0 Å². The van der Waals surface area contributed by atoms with Gasteiger partial charge in [0.2, 0.25) is 5.95 Å². The molecule has 0 radical (unpaired) electrons. The van der Waals surface area contributed by atoms with Crippen molar-refractivity contribution in [3.8, 4) is 11.3 Å². The minimum atomic E-state index is -1.04. The molecule has 0 unspecified atom stereocenters. The molecule has 2 aromatic carbocycles. The van der Waals surface area contributed by atoms with E-state index in [0.29, 0.717) is 5.56 Å². The maximum absolute atomic E-state index is 14.2. The van der Waals surface area contributed by atoms with Crippen LogP contribution in [-0.2, 0) is 0 Å². The van der Waals surface area contributed by atoms with Gasteiger partial charge in [0, 0.05) is 22.8 Å². The third kappa shape index (κ3) is 3.43. The number of rotatable bonds is 4. The van der Waals surface area contributed by atoms with Crippen LogP contribution in [0.15, 0.2) is 67.0 Å². The predicted octanol–water partition coefficient (Wildman–Crippen LogP) is 4.27. The summed E-state index contributed by atoms with van der Waals surface area (Å²) in [6.45, 7) is 0. The van der Waals surface area contributed by atoms with Crippen LogP contribution in [0.1, 0.15) is 10.4 Å². The Morgan fingerprint density at radius 1 is 1.04 bits per heavy atom. The summed E-state index contributed by atoms with van der Waals surface area (Å²) in [5.41, 5.74) is 2.28. The van der Waals surface area contributed by atoms with Crippen molar-refractivity contribution in [3.63, 3.8) is 0 Å². The fraction of sp³-hybridized carbons (Fsp3) is 0. The third-order valence-electron chi connectivity index (χ3n) is 4.01. The molecule has 0 saturated heterocycles. The molecule has 2 N–H and O–H groups in total. The monoisotopic (exact) mass is 360 g/mol. The quantitative estimate of drug-likeness (QED) is 0.565. The highest BCUT2D eigenvalue weighted by atomic mass is 19.1. The molecule has 0 amide bonds. The first-order chi connectivity index (χ1) is 13.1. The molecule has 0 aliphatic carbocycles. The van der Waals surface area contributed by atoms with E-state index in [0.717, 1.165) is 22.8 Å². The van der Waals surface area contributed by atoms with E-state index in [1.165, 1.54) is 24.3 Å². The molecule has 6 nitrogen and oxygen atoms in total. The van der Waals surface area contributed by atoms with Gasteiger partial charge in [0.15, 0.2) is 5.82 Å². The van der Waals surface area contributed by atoms with Gasteiger partial charge in [-0.3, -0.25) is 4.98 Å². The van der Waals surface area contributed by atoms with E-state index < -0.39 is 11.8 Å². The molecule has 132 valence electrons. The summed E-state index contributed by atoms with van der Waals surface area (Å²) in [7, 11) is 0. The Hall–Kier alpha value is -3.87. The number of carboxylic acids is 1. The second-order valence-corrected chi connectivity index (χ2v) is 5.81. The molecule has 27 heavy (non-hydrogen) atoms. The van der Waals surface area contributed by atoms with E-state index in [4.69, 9.17) is 5.11 Å². The summed E-state index contributed by atoms with van der Waals surface area (Å²) < 4.78 is 14.2. The third-order valence-corrected chi connectivity index (χ3v) is 4.01. The second kappa shape index (κ2) is 6.80. The Labute approximate surface area is 153 Å². The number of pyridine rings is 1. The van der Waals surface area contributed by atoms with Crippen LogP contribution < -0.4 is 5.32 Å². The highest BCUT2D eigenvalue weighted by Crippen LogP contribution is 2.24. The van der Waals surface area contributed by atoms with E-state index in [2.05, 4.69) is 20.3 Å². The van der Waals surface area contributed by atoms with Crippen molar-refractivity contribution in [1.82, 2.24) is 15.0 Å². The van der Waals surface area contributed by atoms with Crippen molar-refractivity contribution in [1.29, 1.82) is 0 Å². The zero-order valence-electron chi connectivity index (χ0n) is 13.9. The number of carboxylic acid groups (broad SMARTS) is 1. The van der Waals surface area contributed by atoms with Crippen molar-refractivity contribution < 1.29 is 14.3 Å². The number of fused-ring (bicyclic) bond motifs is 1. The van der Waals surface area contributed by atoms with E-state index >= 15 is 0 Å². The molecule has 0 aliphatic rings. The minimum Gasteiger partial charge on any atom is -0.478 e. The molecule has 2 aromatic heterocycles. The zero-order valence-corrected chi connectivity index (χ0v) is 13.9. The normalized spacial score (nSPS) is 10.7. The SMILES string of the molecule is O=C(O)c1ccc(-c2nc(Nc3ccc4ncccc4c3)ncc2F)cc1. The topological polar surface area (TPSA) is 88.0 Å². The van der Waals surface area contributed by atoms with Gasteiger partial charge in [-0.25, -0.2) is 19.2 Å². The summed E-state index contributed by atoms with van der Waals surface area (Å²) in [5.74, 6) is -1.40. The van der Waals surface area contributed by atoms with Crippen LogP contribution in [0.4, 0.5) is 16.0 Å². The maximum Gasteiger partial charge on any atom is 0.335 e. The van der Waals surface area contributed by atoms with Crippen molar-refractivity contribution >= 4 is 28.5 Å². The summed E-state index contributed by atoms with van der Waals surface area (Å²) in [6, 6.07) is 15.2. The van der Waals surface area contributed by atoms with E-state index in [9.17, 15) is 9.18 Å². The number of anilines is 2. The number of carbonyl (C=O) groups is 1. The molecule has 2 heterocycles. The number of aromatic nitrogens is 3. The average molecular weight is 360 g/mol. The maximum atomic E-state index is 14.2. The van der Waals surface area contributed by atoms with Gasteiger partial charge in [-0.2, -0.15) is 0 Å². The lowest BCUT2D eigenvalue weighted by atomic mass is 10.1. The lowest BCUT2D eigenvalue weighted by molar-refractivity contribution is 0.0697.